The number of piperidine rings is 3. The molecule has 2 bridgehead atoms. The average Bonchev–Trinajstić information content (AvgIpc) is 2.67. The Balaban J connectivity index is 1.71. The standard InChI is InChI=1S/C14H16BrNO/c15-12-1-2-13-10(7-12)8-14(17-13)9-16-5-3-11(14)4-6-16/h1-2,7,11H,3-6,8-9H2. The lowest BCUT2D eigenvalue weighted by atomic mass is 9.73. The molecule has 0 radical (unpaired) electrons. The van der Waals surface area contributed by atoms with Gasteiger partial charge in [0.25, 0.3) is 0 Å². The van der Waals surface area contributed by atoms with E-state index in [1.807, 2.05) is 0 Å². The molecule has 1 aromatic rings. The first-order chi connectivity index (χ1) is 8.25. The van der Waals surface area contributed by atoms with Crippen molar-refractivity contribution < 1.29 is 4.74 Å². The van der Waals surface area contributed by atoms with Gasteiger partial charge >= 0.3 is 0 Å². The summed E-state index contributed by atoms with van der Waals surface area (Å²) < 4.78 is 7.53. The molecule has 2 nitrogen and oxygen atoms in total. The zero-order valence-corrected chi connectivity index (χ0v) is 11.4. The van der Waals surface area contributed by atoms with Crippen LogP contribution in [0.25, 0.3) is 0 Å². The highest BCUT2D eigenvalue weighted by atomic mass is 79.9. The highest BCUT2D eigenvalue weighted by molar-refractivity contribution is 9.10. The van der Waals surface area contributed by atoms with E-state index in [9.17, 15) is 0 Å². The molecule has 1 unspecified atom stereocenters. The lowest BCUT2D eigenvalue weighted by Gasteiger charge is -2.50. The predicted molar refractivity (Wildman–Crippen MR) is 70.4 cm³/mol. The van der Waals surface area contributed by atoms with Gasteiger partial charge in [0.2, 0.25) is 0 Å². The van der Waals surface area contributed by atoms with Crippen LogP contribution in [-0.2, 0) is 6.42 Å². The van der Waals surface area contributed by atoms with Crippen LogP contribution in [0.15, 0.2) is 22.7 Å². The van der Waals surface area contributed by atoms with Gasteiger partial charge in [-0.2, -0.15) is 0 Å². The molecular weight excluding hydrogens is 278 g/mol. The molecule has 90 valence electrons. The van der Waals surface area contributed by atoms with Crippen LogP contribution < -0.4 is 4.74 Å². The molecule has 3 saturated heterocycles. The first kappa shape index (κ1) is 10.4. The summed E-state index contributed by atoms with van der Waals surface area (Å²) >= 11 is 3.55. The highest BCUT2D eigenvalue weighted by Gasteiger charge is 2.51. The number of hydrogen-bond donors (Lipinski definition) is 0. The summed E-state index contributed by atoms with van der Waals surface area (Å²) in [6, 6.07) is 6.42. The van der Waals surface area contributed by atoms with E-state index < -0.39 is 0 Å². The van der Waals surface area contributed by atoms with Crippen LogP contribution in [0, 0.1) is 5.92 Å². The van der Waals surface area contributed by atoms with Crippen LogP contribution in [0.3, 0.4) is 0 Å². The van der Waals surface area contributed by atoms with E-state index in [0.717, 1.165) is 29.1 Å². The van der Waals surface area contributed by atoms with Gasteiger partial charge in [-0.05, 0) is 49.7 Å². The van der Waals surface area contributed by atoms with Gasteiger partial charge in [-0.3, -0.25) is 4.90 Å². The Labute approximate surface area is 110 Å². The van der Waals surface area contributed by atoms with Gasteiger partial charge in [-0.1, -0.05) is 15.9 Å². The van der Waals surface area contributed by atoms with Crippen molar-refractivity contribution in [3.05, 3.63) is 28.2 Å². The molecule has 17 heavy (non-hydrogen) atoms. The third-order valence-electron chi connectivity index (χ3n) is 4.65. The summed E-state index contributed by atoms with van der Waals surface area (Å²) in [6.45, 7) is 3.68. The third kappa shape index (κ3) is 1.48. The molecule has 1 aromatic carbocycles. The van der Waals surface area contributed by atoms with Crippen LogP contribution >= 0.6 is 15.9 Å². The van der Waals surface area contributed by atoms with E-state index in [-0.39, 0.29) is 5.60 Å². The zero-order chi connectivity index (χ0) is 11.5. The number of ether oxygens (including phenoxy) is 1. The fraction of sp³-hybridized carbons (Fsp3) is 0.571. The Bertz CT molecular complexity index is 467. The third-order valence-corrected chi connectivity index (χ3v) is 5.14. The Morgan fingerprint density at radius 2 is 2.12 bits per heavy atom. The van der Waals surface area contributed by atoms with Crippen LogP contribution in [0.1, 0.15) is 18.4 Å². The highest BCUT2D eigenvalue weighted by Crippen LogP contribution is 2.47. The minimum atomic E-state index is 0.0969. The van der Waals surface area contributed by atoms with E-state index in [1.54, 1.807) is 0 Å². The molecule has 4 heterocycles. The van der Waals surface area contributed by atoms with Crippen molar-refractivity contribution in [3.63, 3.8) is 0 Å². The normalized spacial score (nSPS) is 38.2. The van der Waals surface area contributed by atoms with Crippen molar-refractivity contribution >= 4 is 15.9 Å². The smallest absolute Gasteiger partial charge is 0.129 e. The van der Waals surface area contributed by atoms with Gasteiger partial charge in [0.1, 0.15) is 11.4 Å². The minimum Gasteiger partial charge on any atom is -0.485 e. The Hall–Kier alpha value is -0.540. The molecule has 0 aromatic heterocycles. The van der Waals surface area contributed by atoms with Crippen molar-refractivity contribution in [1.82, 2.24) is 4.90 Å². The van der Waals surface area contributed by atoms with Crippen LogP contribution in [0.2, 0.25) is 0 Å². The van der Waals surface area contributed by atoms with Crippen molar-refractivity contribution in [2.24, 2.45) is 5.92 Å². The summed E-state index contributed by atoms with van der Waals surface area (Å²) in [5.41, 5.74) is 1.48. The van der Waals surface area contributed by atoms with E-state index in [2.05, 4.69) is 39.0 Å². The lowest BCUT2D eigenvalue weighted by Crippen LogP contribution is -2.61. The Morgan fingerprint density at radius 1 is 1.29 bits per heavy atom. The largest absolute Gasteiger partial charge is 0.485 e. The number of benzene rings is 1. The quantitative estimate of drug-likeness (QED) is 0.729. The zero-order valence-electron chi connectivity index (χ0n) is 9.79. The van der Waals surface area contributed by atoms with Gasteiger partial charge in [0, 0.05) is 23.4 Å². The second-order valence-corrected chi connectivity index (χ2v) is 6.56. The van der Waals surface area contributed by atoms with Gasteiger partial charge in [0.15, 0.2) is 0 Å². The first-order valence-electron chi connectivity index (χ1n) is 6.45. The van der Waals surface area contributed by atoms with E-state index in [0.29, 0.717) is 0 Å². The maximum atomic E-state index is 6.36. The van der Waals surface area contributed by atoms with Crippen molar-refractivity contribution in [3.8, 4) is 5.75 Å². The molecular formula is C14H16BrNO. The molecule has 1 atom stereocenters. The topological polar surface area (TPSA) is 12.5 Å². The van der Waals surface area contributed by atoms with Crippen LogP contribution in [0.4, 0.5) is 0 Å². The Morgan fingerprint density at radius 3 is 2.82 bits per heavy atom. The van der Waals surface area contributed by atoms with Crippen molar-refractivity contribution in [1.29, 1.82) is 0 Å². The molecule has 3 fully saturated rings. The van der Waals surface area contributed by atoms with Crippen LogP contribution in [-0.4, -0.2) is 30.1 Å². The van der Waals surface area contributed by atoms with Gasteiger partial charge in [-0.15, -0.1) is 0 Å². The van der Waals surface area contributed by atoms with Crippen molar-refractivity contribution in [2.75, 3.05) is 19.6 Å². The number of halogens is 1. The monoisotopic (exact) mass is 293 g/mol. The molecule has 1 spiro atoms. The van der Waals surface area contributed by atoms with E-state index in [4.69, 9.17) is 4.74 Å². The number of hydrogen-bond acceptors (Lipinski definition) is 2. The minimum absolute atomic E-state index is 0.0969. The first-order valence-corrected chi connectivity index (χ1v) is 7.24. The van der Waals surface area contributed by atoms with E-state index in [1.165, 1.54) is 31.5 Å². The predicted octanol–water partition coefficient (Wildman–Crippen LogP) is 2.85. The molecule has 0 saturated carbocycles. The fourth-order valence-electron chi connectivity index (χ4n) is 3.80. The second-order valence-electron chi connectivity index (χ2n) is 5.65. The fourth-order valence-corrected chi connectivity index (χ4v) is 4.21. The maximum Gasteiger partial charge on any atom is 0.129 e. The molecule has 4 aliphatic rings. The Kier molecular flexibility index (Phi) is 2.13. The number of rotatable bonds is 0. The molecule has 0 N–H and O–H groups in total. The van der Waals surface area contributed by atoms with Gasteiger partial charge < -0.3 is 4.74 Å². The molecule has 3 heteroatoms. The lowest BCUT2D eigenvalue weighted by molar-refractivity contribution is -0.0798. The second kappa shape index (κ2) is 3.48. The summed E-state index contributed by atoms with van der Waals surface area (Å²) in [6.07, 6.45) is 3.73. The van der Waals surface area contributed by atoms with Crippen LogP contribution in [0.5, 0.6) is 5.75 Å². The summed E-state index contributed by atoms with van der Waals surface area (Å²) in [5, 5.41) is 0. The number of nitrogens with zero attached hydrogens (tertiary/aromatic N) is 1. The summed E-state index contributed by atoms with van der Waals surface area (Å²) in [4.78, 5) is 2.57. The SMILES string of the molecule is Brc1ccc2c(c1)CC1(CN3CCC1CC3)O2. The van der Waals surface area contributed by atoms with Gasteiger partial charge in [0.05, 0.1) is 0 Å². The van der Waals surface area contributed by atoms with Gasteiger partial charge in [-0.25, -0.2) is 0 Å². The summed E-state index contributed by atoms with van der Waals surface area (Å²) in [7, 11) is 0. The molecule has 0 aliphatic carbocycles. The maximum absolute atomic E-state index is 6.36. The molecule has 0 amide bonds. The average molecular weight is 294 g/mol. The molecule has 5 rings (SSSR count). The van der Waals surface area contributed by atoms with E-state index >= 15 is 0 Å². The van der Waals surface area contributed by atoms with Crippen molar-refractivity contribution in [2.45, 2.75) is 24.9 Å². The molecule has 4 aliphatic heterocycles. The summed E-state index contributed by atoms with van der Waals surface area (Å²) in [5.74, 6) is 1.88. The number of fused-ring (bicyclic) bond motifs is 3.